The normalized spacial score (nSPS) is 23.4. The second kappa shape index (κ2) is 11.0. The van der Waals surface area contributed by atoms with E-state index in [4.69, 9.17) is 0 Å². The van der Waals surface area contributed by atoms with Gasteiger partial charge in [-0.3, -0.25) is 14.5 Å². The smallest absolute Gasteiger partial charge is 0.254 e. The number of hydrogen-bond donors (Lipinski definition) is 0. The third-order valence-corrected chi connectivity index (χ3v) is 7.76. The molecule has 1 aromatic carbocycles. The van der Waals surface area contributed by atoms with Crippen LogP contribution in [0.4, 0.5) is 0 Å². The third-order valence-electron chi connectivity index (χ3n) is 6.71. The average Bonchev–Trinajstić information content (AvgIpc) is 3.25. The van der Waals surface area contributed by atoms with E-state index in [0.717, 1.165) is 48.8 Å². The number of fused-ring (bicyclic) bond motifs is 1. The molecule has 0 radical (unpaired) electrons. The van der Waals surface area contributed by atoms with Gasteiger partial charge >= 0.3 is 0 Å². The number of sulfonamides is 1. The van der Waals surface area contributed by atoms with Gasteiger partial charge < -0.3 is 9.80 Å². The molecule has 8 nitrogen and oxygen atoms in total. The topological polar surface area (TPSA) is 81.2 Å². The molecule has 4 rings (SSSR count). The number of likely N-dealkylation sites (N-methyl/N-ethyl adjacent to an activating group) is 1. The molecule has 2 saturated heterocycles. The highest BCUT2D eigenvalue weighted by Gasteiger charge is 2.54. The van der Waals surface area contributed by atoms with Crippen LogP contribution in [-0.2, 0) is 21.4 Å². The summed E-state index contributed by atoms with van der Waals surface area (Å²) in [6, 6.07) is 7.09. The Labute approximate surface area is 214 Å². The Morgan fingerprint density at radius 1 is 1.06 bits per heavy atom. The summed E-state index contributed by atoms with van der Waals surface area (Å²) in [6.07, 6.45) is 2.74. The second-order valence-corrected chi connectivity index (χ2v) is 11.3. The maximum Gasteiger partial charge on any atom is 0.254 e. The van der Waals surface area contributed by atoms with Crippen molar-refractivity contribution < 1.29 is 18.0 Å². The predicted molar refractivity (Wildman–Crippen MR) is 137 cm³/mol. The Kier molecular flexibility index (Phi) is 9.21. The summed E-state index contributed by atoms with van der Waals surface area (Å²) in [4.78, 5) is 32.6. The maximum atomic E-state index is 13.4. The fourth-order valence-corrected chi connectivity index (χ4v) is 5.98. The fourth-order valence-electron chi connectivity index (χ4n) is 4.96. The van der Waals surface area contributed by atoms with E-state index in [-0.39, 0.29) is 36.6 Å². The zero-order chi connectivity index (χ0) is 23.2. The van der Waals surface area contributed by atoms with E-state index < -0.39 is 27.9 Å². The number of carbonyl (C=O) groups excluding carboxylic acids is 2. The lowest BCUT2D eigenvalue weighted by atomic mass is 9.89. The molecule has 0 unspecified atom stereocenters. The van der Waals surface area contributed by atoms with Crippen molar-refractivity contribution in [3.8, 4) is 0 Å². The predicted octanol–water partition coefficient (Wildman–Crippen LogP) is 2.06. The highest BCUT2D eigenvalue weighted by molar-refractivity contribution is 7.89. The van der Waals surface area contributed by atoms with Crippen molar-refractivity contribution in [1.82, 2.24) is 19.0 Å². The molecular weight excluding hydrogens is 499 g/mol. The molecule has 0 aliphatic carbocycles. The monoisotopic (exact) mass is 532 g/mol. The van der Waals surface area contributed by atoms with Crippen molar-refractivity contribution in [2.75, 3.05) is 46.0 Å². The number of halogens is 2. The molecular formula is C23H34Cl2N4O4S. The first-order chi connectivity index (χ1) is 15.1. The van der Waals surface area contributed by atoms with E-state index in [0.29, 0.717) is 17.8 Å². The summed E-state index contributed by atoms with van der Waals surface area (Å²) in [5.41, 5.74) is 2.12. The zero-order valence-corrected chi connectivity index (χ0v) is 22.5. The van der Waals surface area contributed by atoms with Crippen LogP contribution in [0.25, 0.3) is 0 Å². The lowest BCUT2D eigenvalue weighted by Crippen LogP contribution is -2.44. The van der Waals surface area contributed by atoms with Crippen LogP contribution in [0.2, 0.25) is 0 Å². The van der Waals surface area contributed by atoms with Gasteiger partial charge in [-0.2, -0.15) is 0 Å². The lowest BCUT2D eigenvalue weighted by Gasteiger charge is -2.32. The van der Waals surface area contributed by atoms with Gasteiger partial charge in [0.05, 0.1) is 23.9 Å². The van der Waals surface area contributed by atoms with Crippen LogP contribution in [0.1, 0.15) is 29.8 Å². The summed E-state index contributed by atoms with van der Waals surface area (Å²) in [5, 5.41) is 0. The second-order valence-electron chi connectivity index (χ2n) is 9.44. The molecule has 0 N–H and O–H groups in total. The molecule has 3 aliphatic heterocycles. The minimum Gasteiger partial charge on any atom is -0.325 e. The number of rotatable bonds is 5. The molecule has 2 atom stereocenters. The largest absolute Gasteiger partial charge is 0.325 e. The Balaban J connectivity index is 0.00000204. The van der Waals surface area contributed by atoms with Crippen LogP contribution in [0, 0.1) is 11.8 Å². The van der Waals surface area contributed by atoms with Gasteiger partial charge in [-0.15, -0.1) is 24.8 Å². The van der Waals surface area contributed by atoms with Crippen LogP contribution in [0.3, 0.4) is 0 Å². The molecule has 1 aromatic rings. The molecule has 0 aromatic heterocycles. The standard InChI is InChI=1S/C23H32N4O4S.2ClH/c1-16(2)20-21-19(27(23(20)29)32(4,30)31)9-10-26(21)22(28)18-7-5-17(6-8-18)15-25-13-11-24(3)12-14-25;;/h5-9,16,20-21H,10-15H2,1-4H3;2*1H/t20-,21+;;/m1../s1. The molecule has 11 heteroatoms. The molecule has 3 aliphatic rings. The summed E-state index contributed by atoms with van der Waals surface area (Å²) < 4.78 is 25.4. The van der Waals surface area contributed by atoms with E-state index in [1.54, 1.807) is 11.0 Å². The van der Waals surface area contributed by atoms with Gasteiger partial charge in [-0.1, -0.05) is 26.0 Å². The van der Waals surface area contributed by atoms with Gasteiger partial charge in [-0.05, 0) is 36.7 Å². The zero-order valence-electron chi connectivity index (χ0n) is 20.0. The number of amides is 2. The van der Waals surface area contributed by atoms with Crippen LogP contribution in [0.5, 0.6) is 0 Å². The van der Waals surface area contributed by atoms with E-state index >= 15 is 0 Å². The Bertz CT molecular complexity index is 1040. The number of carbonyl (C=O) groups is 2. The summed E-state index contributed by atoms with van der Waals surface area (Å²) in [5.74, 6) is -1.29. The summed E-state index contributed by atoms with van der Waals surface area (Å²) in [6.45, 7) is 9.11. The summed E-state index contributed by atoms with van der Waals surface area (Å²) in [7, 11) is -1.61. The lowest BCUT2D eigenvalue weighted by molar-refractivity contribution is -0.128. The maximum absolute atomic E-state index is 13.4. The van der Waals surface area contributed by atoms with Crippen LogP contribution in [-0.4, -0.2) is 91.3 Å². The van der Waals surface area contributed by atoms with Crippen molar-refractivity contribution in [2.45, 2.75) is 26.4 Å². The van der Waals surface area contributed by atoms with Gasteiger partial charge in [0.25, 0.3) is 5.91 Å². The van der Waals surface area contributed by atoms with Crippen LogP contribution >= 0.6 is 24.8 Å². The molecule has 0 spiro atoms. The molecule has 0 bridgehead atoms. The van der Waals surface area contributed by atoms with E-state index in [1.807, 2.05) is 38.1 Å². The number of nitrogens with zero attached hydrogens (tertiary/aromatic N) is 4. The first-order valence-corrected chi connectivity index (χ1v) is 13.0. The molecule has 2 amide bonds. The SMILES string of the molecule is CC(C)[C@H]1C(=O)N(S(C)(=O)=O)C2=CCN(C(=O)c3ccc(CN4CCN(C)CC4)cc3)[C@@H]21.Cl.Cl. The molecule has 190 valence electrons. The minimum absolute atomic E-state index is 0. The first-order valence-electron chi connectivity index (χ1n) is 11.1. The highest BCUT2D eigenvalue weighted by Crippen LogP contribution is 2.41. The summed E-state index contributed by atoms with van der Waals surface area (Å²) >= 11 is 0. The number of benzene rings is 1. The van der Waals surface area contributed by atoms with Gasteiger partial charge in [0.2, 0.25) is 15.9 Å². The van der Waals surface area contributed by atoms with Crippen LogP contribution < -0.4 is 0 Å². The van der Waals surface area contributed by atoms with Gasteiger partial charge in [0.1, 0.15) is 0 Å². The molecule has 2 fully saturated rings. The minimum atomic E-state index is -3.74. The van der Waals surface area contributed by atoms with Crippen molar-refractivity contribution in [2.24, 2.45) is 11.8 Å². The Morgan fingerprint density at radius 2 is 1.65 bits per heavy atom. The third kappa shape index (κ3) is 5.44. The van der Waals surface area contributed by atoms with Gasteiger partial charge in [0, 0.05) is 44.8 Å². The van der Waals surface area contributed by atoms with Gasteiger partial charge in [0.15, 0.2) is 0 Å². The number of piperazine rings is 1. The highest BCUT2D eigenvalue weighted by atomic mass is 35.5. The first kappa shape index (κ1) is 28.6. The van der Waals surface area contributed by atoms with Crippen molar-refractivity contribution in [1.29, 1.82) is 0 Å². The van der Waals surface area contributed by atoms with E-state index in [2.05, 4.69) is 16.8 Å². The quantitative estimate of drug-likeness (QED) is 0.577. The number of hydrogen-bond acceptors (Lipinski definition) is 6. The molecule has 3 heterocycles. The van der Waals surface area contributed by atoms with E-state index in [9.17, 15) is 18.0 Å². The van der Waals surface area contributed by atoms with Crippen molar-refractivity contribution in [3.05, 3.63) is 47.2 Å². The van der Waals surface area contributed by atoms with Crippen LogP contribution in [0.15, 0.2) is 36.0 Å². The Morgan fingerprint density at radius 3 is 2.18 bits per heavy atom. The molecule has 0 saturated carbocycles. The average molecular weight is 534 g/mol. The Hall–Kier alpha value is -1.65. The molecule has 34 heavy (non-hydrogen) atoms. The fraction of sp³-hybridized carbons (Fsp3) is 0.565. The van der Waals surface area contributed by atoms with E-state index in [1.165, 1.54) is 0 Å². The van der Waals surface area contributed by atoms with Crippen molar-refractivity contribution in [3.63, 3.8) is 0 Å². The van der Waals surface area contributed by atoms with Crippen molar-refractivity contribution >= 4 is 46.7 Å². The van der Waals surface area contributed by atoms with Gasteiger partial charge in [-0.25, -0.2) is 12.7 Å².